The van der Waals surface area contributed by atoms with Gasteiger partial charge in [0.25, 0.3) is 0 Å². The van der Waals surface area contributed by atoms with Gasteiger partial charge in [-0.05, 0) is 38.8 Å². The van der Waals surface area contributed by atoms with Crippen LogP contribution in [0.4, 0.5) is 0 Å². The second-order valence-electron chi connectivity index (χ2n) is 9.15. The fraction of sp³-hybridized carbons (Fsp3) is 0.667. The molecule has 0 amide bonds. The van der Waals surface area contributed by atoms with Gasteiger partial charge >= 0.3 is 0 Å². The number of aryl methyl sites for hydroxylation is 4. The molecule has 0 saturated heterocycles. The van der Waals surface area contributed by atoms with Crippen LogP contribution < -0.4 is 33.9 Å². The number of rotatable bonds is 22. The van der Waals surface area contributed by atoms with Gasteiger partial charge in [0.05, 0.1) is 66.1 Å². The lowest BCUT2D eigenvalue weighted by atomic mass is 10.2. The summed E-state index contributed by atoms with van der Waals surface area (Å²) in [5, 5.41) is 0. The van der Waals surface area contributed by atoms with Crippen LogP contribution in [0.3, 0.4) is 0 Å². The van der Waals surface area contributed by atoms with Gasteiger partial charge < -0.3 is 53.2 Å². The molecule has 0 spiro atoms. The Hall–Kier alpha value is -0.780. The lowest BCUT2D eigenvalue weighted by molar-refractivity contribution is -0.698. The Balaban J connectivity index is 0. The van der Waals surface area contributed by atoms with Crippen LogP contribution >= 0.6 is 23.2 Å². The zero-order chi connectivity index (χ0) is 29.3. The molecular weight excluding hydrogens is 626 g/mol. The van der Waals surface area contributed by atoms with Crippen molar-refractivity contribution >= 4 is 23.2 Å². The second-order valence-corrected chi connectivity index (χ2v) is 9.91. The Labute approximate surface area is 275 Å². The van der Waals surface area contributed by atoms with Gasteiger partial charge in [0.15, 0.2) is 37.9 Å². The Morgan fingerprint density at radius 1 is 0.452 bits per heavy atom. The van der Waals surface area contributed by atoms with Crippen molar-refractivity contribution < 1.29 is 62.4 Å². The van der Waals surface area contributed by atoms with Crippen molar-refractivity contribution in [2.24, 2.45) is 0 Å². The molecule has 0 saturated carbocycles. The second kappa shape index (κ2) is 30.3. The van der Waals surface area contributed by atoms with Gasteiger partial charge in [0.2, 0.25) is 0 Å². The number of nitrogens with zero attached hydrogens (tertiary/aromatic N) is 2. The fourth-order valence-electron chi connectivity index (χ4n) is 3.28. The van der Waals surface area contributed by atoms with Crippen molar-refractivity contribution in [3.05, 3.63) is 59.2 Å². The minimum absolute atomic E-state index is 0. The van der Waals surface area contributed by atoms with Crippen LogP contribution in [0.15, 0.2) is 36.9 Å². The number of hydrogen-bond donors (Lipinski definition) is 0. The van der Waals surface area contributed by atoms with Crippen LogP contribution in [0.2, 0.25) is 0 Å². The molecule has 0 aliphatic heterocycles. The maximum absolute atomic E-state index is 5.62. The first kappa shape index (κ1) is 43.3. The average Bonchev–Trinajstić information content (AvgIpc) is 2.95. The van der Waals surface area contributed by atoms with E-state index >= 15 is 0 Å². The topological polar surface area (TPSA) is 63.1 Å². The predicted molar refractivity (Wildman–Crippen MR) is 159 cm³/mol. The summed E-state index contributed by atoms with van der Waals surface area (Å²) in [4.78, 5) is 0. The first-order chi connectivity index (χ1) is 19.5. The van der Waals surface area contributed by atoms with Crippen LogP contribution in [0.25, 0.3) is 0 Å². The molecule has 0 N–H and O–H groups in total. The van der Waals surface area contributed by atoms with Crippen molar-refractivity contribution in [1.29, 1.82) is 0 Å². The Morgan fingerprint density at radius 3 is 1.02 bits per heavy atom. The lowest BCUT2D eigenvalue weighted by Gasteiger charge is -2.06. The van der Waals surface area contributed by atoms with Gasteiger partial charge in [0.1, 0.15) is 13.2 Å². The molecule has 0 aromatic carbocycles. The van der Waals surface area contributed by atoms with Crippen LogP contribution in [-0.2, 0) is 41.5 Å². The highest BCUT2D eigenvalue weighted by Gasteiger charge is 2.04. The average molecular weight is 677 g/mol. The zero-order valence-corrected chi connectivity index (χ0v) is 28.7. The Bertz CT molecular complexity index is 829. The van der Waals surface area contributed by atoms with E-state index in [2.05, 4.69) is 73.7 Å². The van der Waals surface area contributed by atoms with Gasteiger partial charge in [-0.3, -0.25) is 0 Å². The summed E-state index contributed by atoms with van der Waals surface area (Å²) < 4.78 is 36.5. The van der Waals surface area contributed by atoms with Gasteiger partial charge in [-0.1, -0.05) is 0 Å². The maximum atomic E-state index is 5.62. The molecule has 8 nitrogen and oxygen atoms in total. The SMILES string of the molecule is Cc1cc[n+](CCOCCOCCOCC[n+]2ccc(C)c(C)c2)cc1C.ClCCOCCOCCOCCCl.[Cl-].[Cl-]. The summed E-state index contributed by atoms with van der Waals surface area (Å²) in [6, 6.07) is 4.27. The third-order valence-corrected chi connectivity index (χ3v) is 6.22. The van der Waals surface area contributed by atoms with E-state index in [4.69, 9.17) is 51.6 Å². The third-order valence-electron chi connectivity index (χ3n) is 5.91. The molecule has 0 aliphatic rings. The van der Waals surface area contributed by atoms with E-state index in [-0.39, 0.29) is 24.8 Å². The van der Waals surface area contributed by atoms with Gasteiger partial charge in [-0.25, -0.2) is 9.13 Å². The van der Waals surface area contributed by atoms with Crippen molar-refractivity contribution in [2.75, 3.05) is 91.0 Å². The molecule has 0 atom stereocenters. The van der Waals surface area contributed by atoms with Crippen LogP contribution in [0.1, 0.15) is 22.3 Å². The van der Waals surface area contributed by atoms with Crippen molar-refractivity contribution in [3.63, 3.8) is 0 Å². The predicted octanol–water partition coefficient (Wildman–Crippen LogP) is -2.23. The number of ether oxygens (including phenoxy) is 6. The largest absolute Gasteiger partial charge is 1.00 e. The van der Waals surface area contributed by atoms with E-state index in [0.29, 0.717) is 91.0 Å². The molecule has 0 aliphatic carbocycles. The molecular formula is C30H50Cl4N2O6. The first-order valence-electron chi connectivity index (χ1n) is 14.0. The Morgan fingerprint density at radius 2 is 0.738 bits per heavy atom. The molecule has 2 heterocycles. The summed E-state index contributed by atoms with van der Waals surface area (Å²) in [5.74, 6) is 1.05. The van der Waals surface area contributed by atoms with Gasteiger partial charge in [-0.2, -0.15) is 0 Å². The van der Waals surface area contributed by atoms with Gasteiger partial charge in [-0.15, -0.1) is 23.2 Å². The summed E-state index contributed by atoms with van der Waals surface area (Å²) in [6.45, 7) is 17.5. The number of aromatic nitrogens is 2. The highest BCUT2D eigenvalue weighted by atomic mass is 35.5. The molecule has 2 rings (SSSR count). The van der Waals surface area contributed by atoms with Crippen LogP contribution in [-0.4, -0.2) is 91.0 Å². The minimum Gasteiger partial charge on any atom is -1.00 e. The molecule has 0 unspecified atom stereocenters. The molecule has 0 fully saturated rings. The zero-order valence-electron chi connectivity index (χ0n) is 25.6. The molecule has 12 heteroatoms. The summed E-state index contributed by atoms with van der Waals surface area (Å²) in [6.07, 6.45) is 8.50. The monoisotopic (exact) mass is 674 g/mol. The highest BCUT2D eigenvalue weighted by molar-refractivity contribution is 6.18. The molecule has 2 aromatic rings. The Kier molecular flexibility index (Phi) is 31.2. The maximum Gasteiger partial charge on any atom is 0.172 e. The third kappa shape index (κ3) is 23.6. The first-order valence-corrected chi connectivity index (χ1v) is 15.1. The number of alkyl halides is 2. The highest BCUT2D eigenvalue weighted by Crippen LogP contribution is 2.01. The quantitative estimate of drug-likeness (QED) is 0.0801. The molecule has 2 aromatic heterocycles. The summed E-state index contributed by atoms with van der Waals surface area (Å²) in [5.41, 5.74) is 5.24. The normalized spacial score (nSPS) is 10.4. The van der Waals surface area contributed by atoms with E-state index in [1.54, 1.807) is 0 Å². The molecule has 244 valence electrons. The lowest BCUT2D eigenvalue weighted by Crippen LogP contribution is -3.00. The van der Waals surface area contributed by atoms with E-state index < -0.39 is 0 Å². The standard InChI is InChI=1S/C22H34N2O3.C8H16Cl2O3.2ClH/c1-19-5-7-23(17-21(19)3)9-11-25-13-15-27-16-14-26-12-10-24-8-6-20(2)22(4)18-24;9-1-3-11-5-7-13-8-6-12-4-2-10;;/h5-8,17-18H,9-16H2,1-4H3;1-8H2;2*1H/q+2;;;/p-2. The molecule has 0 radical (unpaired) electrons. The van der Waals surface area contributed by atoms with Crippen LogP contribution in [0.5, 0.6) is 0 Å². The smallest absolute Gasteiger partial charge is 0.172 e. The van der Waals surface area contributed by atoms with E-state index in [0.717, 1.165) is 13.1 Å². The fourth-order valence-corrected chi connectivity index (χ4v) is 3.49. The number of hydrogen-bond acceptors (Lipinski definition) is 6. The van der Waals surface area contributed by atoms with E-state index in [9.17, 15) is 0 Å². The minimum atomic E-state index is 0. The van der Waals surface area contributed by atoms with Crippen molar-refractivity contribution in [1.82, 2.24) is 0 Å². The number of pyridine rings is 2. The van der Waals surface area contributed by atoms with Crippen molar-refractivity contribution in [3.8, 4) is 0 Å². The van der Waals surface area contributed by atoms with E-state index in [1.807, 2.05) is 0 Å². The summed E-state index contributed by atoms with van der Waals surface area (Å²) in [7, 11) is 0. The molecule has 42 heavy (non-hydrogen) atoms. The summed E-state index contributed by atoms with van der Waals surface area (Å²) >= 11 is 10.8. The molecule has 0 bridgehead atoms. The van der Waals surface area contributed by atoms with Crippen molar-refractivity contribution in [2.45, 2.75) is 40.8 Å². The van der Waals surface area contributed by atoms with Crippen LogP contribution in [0, 0.1) is 27.7 Å². The van der Waals surface area contributed by atoms with E-state index in [1.165, 1.54) is 22.3 Å². The van der Waals surface area contributed by atoms with Gasteiger partial charge in [0, 0.05) is 35.0 Å². The number of halogens is 4.